The van der Waals surface area contributed by atoms with Crippen LogP contribution in [0, 0.1) is 11.8 Å². The van der Waals surface area contributed by atoms with Crippen molar-refractivity contribution in [2.45, 2.75) is 39.0 Å². The van der Waals surface area contributed by atoms with Crippen LogP contribution in [0.5, 0.6) is 0 Å². The zero-order valence-electron chi connectivity index (χ0n) is 10.0. The minimum Gasteiger partial charge on any atom is -0.315 e. The molecule has 1 rings (SSSR count). The van der Waals surface area contributed by atoms with Crippen LogP contribution in [0.25, 0.3) is 0 Å². The minimum atomic E-state index is 1.03. The summed E-state index contributed by atoms with van der Waals surface area (Å²) in [5, 5.41) is 3.48. The van der Waals surface area contributed by atoms with Crippen LogP contribution in [0.4, 0.5) is 0 Å². The molecule has 1 fully saturated rings. The third-order valence-corrected chi connectivity index (χ3v) is 2.89. The van der Waals surface area contributed by atoms with Gasteiger partial charge in [-0.05, 0) is 45.8 Å². The van der Waals surface area contributed by atoms with E-state index in [1.807, 2.05) is 6.92 Å². The molecule has 0 amide bonds. The highest BCUT2D eigenvalue weighted by atomic mass is 15.1. The summed E-state index contributed by atoms with van der Waals surface area (Å²) >= 11 is 0. The lowest BCUT2D eigenvalue weighted by molar-refractivity contribution is 0.229. The van der Waals surface area contributed by atoms with Gasteiger partial charge >= 0.3 is 0 Å². The Morgan fingerprint density at radius 1 is 1.13 bits per heavy atom. The lowest BCUT2D eigenvalue weighted by atomic mass is 10.1. The fourth-order valence-electron chi connectivity index (χ4n) is 1.97. The molecule has 0 saturated carbocycles. The van der Waals surface area contributed by atoms with E-state index in [-0.39, 0.29) is 0 Å². The van der Waals surface area contributed by atoms with Gasteiger partial charge in [0, 0.05) is 19.5 Å². The van der Waals surface area contributed by atoms with Gasteiger partial charge in [-0.25, -0.2) is 0 Å². The molecule has 0 aromatic heterocycles. The third-order valence-electron chi connectivity index (χ3n) is 2.89. The molecular weight excluding hydrogens is 184 g/mol. The van der Waals surface area contributed by atoms with Crippen molar-refractivity contribution in [3.8, 4) is 11.8 Å². The Morgan fingerprint density at radius 2 is 1.93 bits per heavy atom. The zero-order chi connectivity index (χ0) is 10.8. The molecule has 0 bridgehead atoms. The molecule has 0 aromatic rings. The van der Waals surface area contributed by atoms with E-state index in [1.165, 1.54) is 45.3 Å². The average Bonchev–Trinajstić information content (AvgIpc) is 2.29. The summed E-state index contributed by atoms with van der Waals surface area (Å²) in [4.78, 5) is 2.57. The summed E-state index contributed by atoms with van der Waals surface area (Å²) < 4.78 is 0. The first kappa shape index (κ1) is 12.5. The number of nitrogens with one attached hydrogen (secondary N) is 1. The van der Waals surface area contributed by atoms with Gasteiger partial charge in [-0.15, -0.1) is 11.8 Å². The molecule has 1 saturated heterocycles. The first-order valence-corrected chi connectivity index (χ1v) is 6.26. The normalized spacial score (nSPS) is 17.1. The summed E-state index contributed by atoms with van der Waals surface area (Å²) in [5.74, 6) is 6.01. The van der Waals surface area contributed by atoms with Gasteiger partial charge in [0.05, 0.1) is 0 Å². The SMILES string of the molecule is CC#CCCCNCCN1CCCCC1. The van der Waals surface area contributed by atoms with Crippen molar-refractivity contribution in [2.75, 3.05) is 32.7 Å². The number of hydrogen-bond donors (Lipinski definition) is 1. The molecule has 86 valence electrons. The summed E-state index contributed by atoms with van der Waals surface area (Å²) in [6, 6.07) is 0. The van der Waals surface area contributed by atoms with Crippen LogP contribution in [-0.4, -0.2) is 37.6 Å². The van der Waals surface area contributed by atoms with E-state index in [1.54, 1.807) is 0 Å². The van der Waals surface area contributed by atoms with Crippen LogP contribution in [0.15, 0.2) is 0 Å². The summed E-state index contributed by atoms with van der Waals surface area (Å²) in [7, 11) is 0. The first-order valence-electron chi connectivity index (χ1n) is 6.26. The summed E-state index contributed by atoms with van der Waals surface area (Å²) in [6.45, 7) is 8.00. The minimum absolute atomic E-state index is 1.03. The number of rotatable bonds is 6. The van der Waals surface area contributed by atoms with Crippen LogP contribution < -0.4 is 5.32 Å². The van der Waals surface area contributed by atoms with Crippen LogP contribution >= 0.6 is 0 Å². The molecule has 0 aromatic carbocycles. The second-order valence-corrected chi connectivity index (χ2v) is 4.18. The molecule has 0 atom stereocenters. The monoisotopic (exact) mass is 208 g/mol. The highest BCUT2D eigenvalue weighted by Crippen LogP contribution is 2.07. The fourth-order valence-corrected chi connectivity index (χ4v) is 1.97. The van der Waals surface area contributed by atoms with Gasteiger partial charge in [0.15, 0.2) is 0 Å². The smallest absolute Gasteiger partial charge is 0.0107 e. The predicted octanol–water partition coefficient (Wildman–Crippen LogP) is 1.87. The van der Waals surface area contributed by atoms with E-state index in [0.29, 0.717) is 0 Å². The third kappa shape index (κ3) is 6.54. The molecule has 0 unspecified atom stereocenters. The van der Waals surface area contributed by atoms with Crippen LogP contribution in [0.2, 0.25) is 0 Å². The van der Waals surface area contributed by atoms with Crippen molar-refractivity contribution < 1.29 is 0 Å². The van der Waals surface area contributed by atoms with Crippen LogP contribution in [0.1, 0.15) is 39.0 Å². The molecule has 1 aliphatic heterocycles. The topological polar surface area (TPSA) is 15.3 Å². The Hall–Kier alpha value is -0.520. The molecule has 0 aliphatic carbocycles. The Balaban J connectivity index is 1.85. The maximum atomic E-state index is 3.48. The molecule has 1 heterocycles. The Morgan fingerprint density at radius 3 is 2.67 bits per heavy atom. The molecule has 1 aliphatic rings. The van der Waals surface area contributed by atoms with Crippen molar-refractivity contribution in [3.05, 3.63) is 0 Å². The van der Waals surface area contributed by atoms with Crippen molar-refractivity contribution >= 4 is 0 Å². The summed E-state index contributed by atoms with van der Waals surface area (Å²) in [6.07, 6.45) is 6.44. The highest BCUT2D eigenvalue weighted by Gasteiger charge is 2.08. The molecule has 15 heavy (non-hydrogen) atoms. The van der Waals surface area contributed by atoms with Gasteiger partial charge in [-0.1, -0.05) is 6.42 Å². The number of likely N-dealkylation sites (tertiary alicyclic amines) is 1. The number of unbranched alkanes of at least 4 members (excludes halogenated alkanes) is 1. The quantitative estimate of drug-likeness (QED) is 0.529. The average molecular weight is 208 g/mol. The number of piperidine rings is 1. The maximum absolute atomic E-state index is 3.48. The Bertz CT molecular complexity index is 196. The van der Waals surface area contributed by atoms with Gasteiger partial charge < -0.3 is 10.2 Å². The number of hydrogen-bond acceptors (Lipinski definition) is 2. The maximum Gasteiger partial charge on any atom is 0.0107 e. The van der Waals surface area contributed by atoms with E-state index >= 15 is 0 Å². The van der Waals surface area contributed by atoms with E-state index in [2.05, 4.69) is 22.1 Å². The largest absolute Gasteiger partial charge is 0.315 e. The molecular formula is C13H24N2. The lowest BCUT2D eigenvalue weighted by Crippen LogP contribution is -2.36. The molecule has 0 spiro atoms. The molecule has 1 N–H and O–H groups in total. The van der Waals surface area contributed by atoms with Crippen LogP contribution in [0.3, 0.4) is 0 Å². The first-order chi connectivity index (χ1) is 7.43. The van der Waals surface area contributed by atoms with Gasteiger partial charge in [0.1, 0.15) is 0 Å². The van der Waals surface area contributed by atoms with Gasteiger partial charge in [0.2, 0.25) is 0 Å². The Kier molecular flexibility index (Phi) is 7.33. The number of nitrogens with zero attached hydrogens (tertiary/aromatic N) is 1. The van der Waals surface area contributed by atoms with E-state index in [9.17, 15) is 0 Å². The van der Waals surface area contributed by atoms with Gasteiger partial charge in [0.25, 0.3) is 0 Å². The standard InChI is InChI=1S/C13H24N2/c1-2-3-4-6-9-14-10-13-15-11-7-5-8-12-15/h14H,4-13H2,1H3. The van der Waals surface area contributed by atoms with Crippen molar-refractivity contribution in [3.63, 3.8) is 0 Å². The molecule has 0 radical (unpaired) electrons. The van der Waals surface area contributed by atoms with E-state index in [4.69, 9.17) is 0 Å². The van der Waals surface area contributed by atoms with Crippen molar-refractivity contribution in [1.82, 2.24) is 10.2 Å². The van der Waals surface area contributed by atoms with Gasteiger partial charge in [-0.2, -0.15) is 0 Å². The second-order valence-electron chi connectivity index (χ2n) is 4.18. The van der Waals surface area contributed by atoms with Crippen molar-refractivity contribution in [1.29, 1.82) is 0 Å². The lowest BCUT2D eigenvalue weighted by Gasteiger charge is -2.26. The van der Waals surface area contributed by atoms with E-state index in [0.717, 1.165) is 19.5 Å². The fraction of sp³-hybridized carbons (Fsp3) is 0.846. The highest BCUT2D eigenvalue weighted by molar-refractivity contribution is 4.94. The molecule has 2 heteroatoms. The Labute approximate surface area is 94.4 Å². The zero-order valence-corrected chi connectivity index (χ0v) is 10.0. The summed E-state index contributed by atoms with van der Waals surface area (Å²) in [5.41, 5.74) is 0. The van der Waals surface area contributed by atoms with Crippen LogP contribution in [-0.2, 0) is 0 Å². The van der Waals surface area contributed by atoms with Crippen molar-refractivity contribution in [2.24, 2.45) is 0 Å². The predicted molar refractivity (Wildman–Crippen MR) is 65.8 cm³/mol. The van der Waals surface area contributed by atoms with E-state index < -0.39 is 0 Å². The second kappa shape index (κ2) is 8.76. The van der Waals surface area contributed by atoms with Gasteiger partial charge in [-0.3, -0.25) is 0 Å². The molecule has 2 nitrogen and oxygen atoms in total.